The number of hydrogen-bond donors (Lipinski definition) is 1. The Labute approximate surface area is 132 Å². The van der Waals surface area contributed by atoms with Gasteiger partial charge in [0.05, 0.1) is 5.75 Å². The summed E-state index contributed by atoms with van der Waals surface area (Å²) in [7, 11) is 0. The molecule has 1 aliphatic heterocycles. The maximum Gasteiger partial charge on any atom is 0.233 e. The molecule has 0 aromatic carbocycles. The Hall–Kier alpha value is -1.15. The first kappa shape index (κ1) is 16.2. The van der Waals surface area contributed by atoms with Crippen LogP contribution in [0.15, 0.2) is 4.34 Å². The number of carbonyl (C=O) groups is 2. The summed E-state index contributed by atoms with van der Waals surface area (Å²) in [5.41, 5.74) is 0. The van der Waals surface area contributed by atoms with Crippen molar-refractivity contribution in [3.63, 3.8) is 0 Å². The monoisotopic (exact) mass is 328 g/mol. The Bertz CT molecular complexity index is 510. The van der Waals surface area contributed by atoms with Gasteiger partial charge in [-0.05, 0) is 33.1 Å². The third-order valence-corrected chi connectivity index (χ3v) is 5.45. The van der Waals surface area contributed by atoms with Crippen LogP contribution in [0, 0.1) is 0 Å². The van der Waals surface area contributed by atoms with Gasteiger partial charge >= 0.3 is 0 Å². The van der Waals surface area contributed by atoms with Gasteiger partial charge in [0.15, 0.2) is 4.34 Å². The molecular formula is C13H20N4O2S2. The van der Waals surface area contributed by atoms with Crippen LogP contribution in [0.2, 0.25) is 0 Å². The molecule has 0 saturated carbocycles. The molecule has 116 valence electrons. The molecule has 6 nitrogen and oxygen atoms in total. The fourth-order valence-corrected chi connectivity index (χ4v) is 4.25. The number of rotatable bonds is 4. The first-order chi connectivity index (χ1) is 9.97. The number of amides is 2. The molecule has 0 spiro atoms. The van der Waals surface area contributed by atoms with Crippen molar-refractivity contribution < 1.29 is 9.59 Å². The van der Waals surface area contributed by atoms with Crippen LogP contribution in [0.4, 0.5) is 5.13 Å². The van der Waals surface area contributed by atoms with Crippen LogP contribution < -0.4 is 5.32 Å². The van der Waals surface area contributed by atoms with Crippen molar-refractivity contribution in [3.8, 4) is 0 Å². The molecular weight excluding hydrogens is 308 g/mol. The Morgan fingerprint density at radius 2 is 2.00 bits per heavy atom. The van der Waals surface area contributed by atoms with Crippen LogP contribution in [-0.2, 0) is 9.59 Å². The SMILES string of the molecule is CC(=O)Nc1nnc(SCC(=O)N2[C@@H](C)CCC[C@@H]2C)s1. The van der Waals surface area contributed by atoms with Crippen molar-refractivity contribution in [1.29, 1.82) is 0 Å². The second kappa shape index (κ2) is 7.22. The highest BCUT2D eigenvalue weighted by Gasteiger charge is 2.28. The van der Waals surface area contributed by atoms with E-state index in [2.05, 4.69) is 29.4 Å². The summed E-state index contributed by atoms with van der Waals surface area (Å²) < 4.78 is 0.699. The molecule has 0 bridgehead atoms. The lowest BCUT2D eigenvalue weighted by Crippen LogP contribution is -2.48. The van der Waals surface area contributed by atoms with Crippen LogP contribution in [-0.4, -0.2) is 44.7 Å². The van der Waals surface area contributed by atoms with Crippen LogP contribution in [0.25, 0.3) is 0 Å². The number of aromatic nitrogens is 2. The maximum absolute atomic E-state index is 12.4. The van der Waals surface area contributed by atoms with Gasteiger partial charge in [-0.2, -0.15) is 0 Å². The summed E-state index contributed by atoms with van der Waals surface area (Å²) in [4.78, 5) is 25.3. The second-order valence-corrected chi connectivity index (χ2v) is 7.47. The highest BCUT2D eigenvalue weighted by Crippen LogP contribution is 2.28. The van der Waals surface area contributed by atoms with Gasteiger partial charge in [-0.1, -0.05) is 23.1 Å². The number of nitrogens with one attached hydrogen (secondary N) is 1. The molecule has 1 fully saturated rings. The van der Waals surface area contributed by atoms with Crippen LogP contribution in [0.5, 0.6) is 0 Å². The first-order valence-electron chi connectivity index (χ1n) is 7.02. The molecule has 2 atom stereocenters. The number of thioether (sulfide) groups is 1. The minimum absolute atomic E-state index is 0.149. The lowest BCUT2D eigenvalue weighted by atomic mass is 9.98. The van der Waals surface area contributed by atoms with Gasteiger partial charge in [-0.15, -0.1) is 10.2 Å². The van der Waals surface area contributed by atoms with E-state index < -0.39 is 0 Å². The van der Waals surface area contributed by atoms with Gasteiger partial charge in [0.1, 0.15) is 0 Å². The second-order valence-electron chi connectivity index (χ2n) is 5.27. The van der Waals surface area contributed by atoms with E-state index in [1.165, 1.54) is 36.4 Å². The van der Waals surface area contributed by atoms with Crippen molar-refractivity contribution in [2.45, 2.75) is 56.5 Å². The van der Waals surface area contributed by atoms with E-state index in [1.807, 2.05) is 4.90 Å². The lowest BCUT2D eigenvalue weighted by Gasteiger charge is -2.39. The van der Waals surface area contributed by atoms with Crippen molar-refractivity contribution in [1.82, 2.24) is 15.1 Å². The van der Waals surface area contributed by atoms with Crippen molar-refractivity contribution >= 4 is 40.0 Å². The van der Waals surface area contributed by atoms with Crippen molar-refractivity contribution in [2.75, 3.05) is 11.1 Å². The van der Waals surface area contributed by atoms with Crippen LogP contribution >= 0.6 is 23.1 Å². The molecule has 0 unspecified atom stereocenters. The number of nitrogens with zero attached hydrogens (tertiary/aromatic N) is 3. The summed E-state index contributed by atoms with van der Waals surface area (Å²) in [6.45, 7) is 5.65. The summed E-state index contributed by atoms with van der Waals surface area (Å²) in [6.07, 6.45) is 3.34. The minimum atomic E-state index is -0.172. The Morgan fingerprint density at radius 3 is 2.62 bits per heavy atom. The molecule has 21 heavy (non-hydrogen) atoms. The predicted octanol–water partition coefficient (Wildman–Crippen LogP) is 2.38. The average molecular weight is 328 g/mol. The molecule has 2 rings (SSSR count). The van der Waals surface area contributed by atoms with Gasteiger partial charge in [0.2, 0.25) is 16.9 Å². The van der Waals surface area contributed by atoms with Crippen molar-refractivity contribution in [3.05, 3.63) is 0 Å². The molecule has 1 aliphatic rings. The lowest BCUT2D eigenvalue weighted by molar-refractivity contribution is -0.134. The van der Waals surface area contributed by atoms with E-state index >= 15 is 0 Å². The maximum atomic E-state index is 12.4. The zero-order chi connectivity index (χ0) is 15.4. The van der Waals surface area contributed by atoms with Crippen molar-refractivity contribution in [2.24, 2.45) is 0 Å². The summed E-state index contributed by atoms with van der Waals surface area (Å²) in [5.74, 6) is 0.342. The molecule has 2 amide bonds. The van der Waals surface area contributed by atoms with E-state index in [1.54, 1.807) is 0 Å². The van der Waals surface area contributed by atoms with Crippen LogP contribution in [0.1, 0.15) is 40.0 Å². The quantitative estimate of drug-likeness (QED) is 0.678. The average Bonchev–Trinajstić information content (AvgIpc) is 2.83. The van der Waals surface area contributed by atoms with Crippen LogP contribution in [0.3, 0.4) is 0 Å². The molecule has 8 heteroatoms. The first-order valence-corrected chi connectivity index (χ1v) is 8.82. The summed E-state index contributed by atoms with van der Waals surface area (Å²) >= 11 is 2.67. The zero-order valence-corrected chi connectivity index (χ0v) is 14.1. The van der Waals surface area contributed by atoms with Gasteiger partial charge in [-0.25, -0.2) is 0 Å². The molecule has 1 aromatic rings. The third kappa shape index (κ3) is 4.41. The fraction of sp³-hybridized carbons (Fsp3) is 0.692. The standard InChI is InChI=1S/C13H20N4O2S2/c1-8-5-4-6-9(2)17(8)11(19)7-20-13-16-15-12(21-13)14-10(3)18/h8-9H,4-7H2,1-3H3,(H,14,15,18)/t8-,9-/m0/s1. The van der Waals surface area contributed by atoms with E-state index in [0.717, 1.165) is 12.8 Å². The van der Waals surface area contributed by atoms with Gasteiger partial charge < -0.3 is 10.2 Å². The van der Waals surface area contributed by atoms with E-state index in [4.69, 9.17) is 0 Å². The fourth-order valence-electron chi connectivity index (χ4n) is 2.58. The highest BCUT2D eigenvalue weighted by atomic mass is 32.2. The Morgan fingerprint density at radius 1 is 1.33 bits per heavy atom. The normalized spacial score (nSPS) is 22.1. The number of anilines is 1. The Balaban J connectivity index is 1.88. The van der Waals surface area contributed by atoms with Gasteiger partial charge in [-0.3, -0.25) is 9.59 Å². The van der Waals surface area contributed by atoms with E-state index in [-0.39, 0.29) is 11.8 Å². The highest BCUT2D eigenvalue weighted by molar-refractivity contribution is 8.01. The van der Waals surface area contributed by atoms with E-state index in [9.17, 15) is 9.59 Å². The number of hydrogen-bond acceptors (Lipinski definition) is 6. The molecule has 1 N–H and O–H groups in total. The Kier molecular flexibility index (Phi) is 5.58. The topological polar surface area (TPSA) is 75.2 Å². The third-order valence-electron chi connectivity index (χ3n) is 3.49. The molecule has 1 aromatic heterocycles. The largest absolute Gasteiger partial charge is 0.337 e. The molecule has 1 saturated heterocycles. The smallest absolute Gasteiger partial charge is 0.233 e. The molecule has 2 heterocycles. The zero-order valence-electron chi connectivity index (χ0n) is 12.5. The number of piperidine rings is 1. The molecule has 0 radical (unpaired) electrons. The van der Waals surface area contributed by atoms with Gasteiger partial charge in [0.25, 0.3) is 0 Å². The van der Waals surface area contributed by atoms with Gasteiger partial charge in [0, 0.05) is 19.0 Å². The number of carbonyl (C=O) groups excluding carboxylic acids is 2. The summed E-state index contributed by atoms with van der Waals surface area (Å²) in [6, 6.07) is 0.623. The summed E-state index contributed by atoms with van der Waals surface area (Å²) in [5, 5.41) is 10.9. The van der Waals surface area contributed by atoms with E-state index in [0.29, 0.717) is 27.3 Å². The predicted molar refractivity (Wildman–Crippen MR) is 84.6 cm³/mol. The molecule has 0 aliphatic carbocycles. The minimum Gasteiger partial charge on any atom is -0.337 e. The number of likely N-dealkylation sites (tertiary alicyclic amines) is 1.